The number of thiazole rings is 1. The largest absolute Gasteiger partial charge is 0.497 e. The lowest BCUT2D eigenvalue weighted by atomic mass is 10.2. The number of carbonyl (C=O) groups excluding carboxylic acids is 1. The minimum absolute atomic E-state index is 0.0762. The summed E-state index contributed by atoms with van der Waals surface area (Å²) in [5, 5.41) is 1.29. The van der Waals surface area contributed by atoms with Crippen molar-refractivity contribution in [3.05, 3.63) is 47.0 Å². The standard InChI is InChI=1S/C23H28ClN3O3S/c1-5-26(6-2)13-14-27(20(28)15-30-18-10-8-17(29-4)9-11-18)23-25-21-16(3)7-12-19(24)22(21)31-23/h7-12H,5-6,13-15H2,1-4H3. The van der Waals surface area contributed by atoms with E-state index in [1.807, 2.05) is 19.1 Å². The summed E-state index contributed by atoms with van der Waals surface area (Å²) in [4.78, 5) is 21.9. The summed E-state index contributed by atoms with van der Waals surface area (Å²) >= 11 is 7.83. The van der Waals surface area contributed by atoms with E-state index in [2.05, 4.69) is 18.7 Å². The molecule has 1 heterocycles. The van der Waals surface area contributed by atoms with Gasteiger partial charge in [0.2, 0.25) is 0 Å². The van der Waals surface area contributed by atoms with E-state index >= 15 is 0 Å². The van der Waals surface area contributed by atoms with E-state index in [1.165, 1.54) is 11.3 Å². The maximum atomic E-state index is 13.2. The maximum Gasteiger partial charge on any atom is 0.266 e. The molecule has 3 aromatic rings. The second kappa shape index (κ2) is 10.8. The molecule has 0 fully saturated rings. The van der Waals surface area contributed by atoms with E-state index in [9.17, 15) is 4.79 Å². The van der Waals surface area contributed by atoms with Crippen LogP contribution in [0.1, 0.15) is 19.4 Å². The first-order valence-electron chi connectivity index (χ1n) is 10.3. The van der Waals surface area contributed by atoms with Crippen molar-refractivity contribution in [3.63, 3.8) is 0 Å². The summed E-state index contributed by atoms with van der Waals surface area (Å²) in [6.07, 6.45) is 0. The summed E-state index contributed by atoms with van der Waals surface area (Å²) < 4.78 is 11.8. The summed E-state index contributed by atoms with van der Waals surface area (Å²) in [6, 6.07) is 11.0. The van der Waals surface area contributed by atoms with Gasteiger partial charge in [-0.05, 0) is 55.9 Å². The molecule has 2 aromatic carbocycles. The highest BCUT2D eigenvalue weighted by molar-refractivity contribution is 7.23. The van der Waals surface area contributed by atoms with Crippen LogP contribution in [0.15, 0.2) is 36.4 Å². The number of aromatic nitrogens is 1. The van der Waals surface area contributed by atoms with E-state index in [0.29, 0.717) is 22.4 Å². The van der Waals surface area contributed by atoms with Gasteiger partial charge in [0.1, 0.15) is 11.5 Å². The molecule has 0 saturated heterocycles. The SMILES string of the molecule is CCN(CC)CCN(C(=O)COc1ccc(OC)cc1)c1nc2c(C)ccc(Cl)c2s1. The third-order valence-electron chi connectivity index (χ3n) is 5.17. The Kier molecular flexibility index (Phi) is 8.12. The first kappa shape index (κ1) is 23.3. The number of nitrogens with zero attached hydrogens (tertiary/aromatic N) is 3. The van der Waals surface area contributed by atoms with Gasteiger partial charge in [0, 0.05) is 13.1 Å². The van der Waals surface area contributed by atoms with Crippen molar-refractivity contribution in [1.82, 2.24) is 9.88 Å². The number of likely N-dealkylation sites (N-methyl/N-ethyl adjacent to an activating group) is 1. The minimum Gasteiger partial charge on any atom is -0.497 e. The summed E-state index contributed by atoms with van der Waals surface area (Å²) in [6.45, 7) is 9.28. The number of amides is 1. The molecule has 0 saturated carbocycles. The highest BCUT2D eigenvalue weighted by Crippen LogP contribution is 2.35. The average molecular weight is 462 g/mol. The molecule has 0 aliphatic heterocycles. The van der Waals surface area contributed by atoms with E-state index in [1.54, 1.807) is 36.3 Å². The van der Waals surface area contributed by atoms with Gasteiger partial charge in [0.15, 0.2) is 11.7 Å². The van der Waals surface area contributed by atoms with Crippen LogP contribution >= 0.6 is 22.9 Å². The lowest BCUT2D eigenvalue weighted by Gasteiger charge is -2.24. The predicted octanol–water partition coefficient (Wildman–Crippen LogP) is 5.02. The average Bonchev–Trinajstić information content (AvgIpc) is 3.24. The second-order valence-electron chi connectivity index (χ2n) is 7.07. The van der Waals surface area contributed by atoms with Gasteiger partial charge in [-0.2, -0.15) is 0 Å². The zero-order chi connectivity index (χ0) is 22.4. The number of halogens is 1. The van der Waals surface area contributed by atoms with Crippen molar-refractivity contribution in [1.29, 1.82) is 0 Å². The molecular formula is C23H28ClN3O3S. The number of rotatable bonds is 10. The first-order valence-corrected chi connectivity index (χ1v) is 11.5. The molecule has 1 amide bonds. The van der Waals surface area contributed by atoms with Crippen LogP contribution in [-0.2, 0) is 4.79 Å². The van der Waals surface area contributed by atoms with Crippen molar-refractivity contribution in [2.24, 2.45) is 0 Å². The molecule has 0 spiro atoms. The van der Waals surface area contributed by atoms with Crippen molar-refractivity contribution in [2.45, 2.75) is 20.8 Å². The van der Waals surface area contributed by atoms with Crippen LogP contribution in [0, 0.1) is 6.92 Å². The third-order valence-corrected chi connectivity index (χ3v) is 6.71. The van der Waals surface area contributed by atoms with E-state index in [4.69, 9.17) is 26.1 Å². The second-order valence-corrected chi connectivity index (χ2v) is 8.46. The monoisotopic (exact) mass is 461 g/mol. The van der Waals surface area contributed by atoms with Gasteiger partial charge < -0.3 is 14.4 Å². The first-order chi connectivity index (χ1) is 15.0. The molecular weight excluding hydrogens is 434 g/mol. The summed E-state index contributed by atoms with van der Waals surface area (Å²) in [5.74, 6) is 1.21. The van der Waals surface area contributed by atoms with Crippen molar-refractivity contribution in [2.75, 3.05) is 44.8 Å². The number of methoxy groups -OCH3 is 1. The molecule has 8 heteroatoms. The summed E-state index contributed by atoms with van der Waals surface area (Å²) in [7, 11) is 1.61. The van der Waals surface area contributed by atoms with Gasteiger partial charge in [-0.25, -0.2) is 4.98 Å². The Labute approximate surface area is 192 Å². The number of benzene rings is 2. The molecule has 31 heavy (non-hydrogen) atoms. The Bertz CT molecular complexity index is 980. The van der Waals surface area contributed by atoms with Crippen molar-refractivity contribution >= 4 is 44.2 Å². The molecule has 1 aromatic heterocycles. The Morgan fingerprint density at radius 2 is 1.74 bits per heavy atom. The fourth-order valence-electron chi connectivity index (χ4n) is 3.21. The smallest absolute Gasteiger partial charge is 0.266 e. The molecule has 3 rings (SSSR count). The van der Waals surface area contributed by atoms with E-state index < -0.39 is 0 Å². The molecule has 0 bridgehead atoms. The molecule has 0 aliphatic rings. The van der Waals surface area contributed by atoms with Crippen LogP contribution in [0.3, 0.4) is 0 Å². The molecule has 0 atom stereocenters. The number of hydrogen-bond donors (Lipinski definition) is 0. The van der Waals surface area contributed by atoms with E-state index in [-0.39, 0.29) is 12.5 Å². The fourth-order valence-corrected chi connectivity index (χ4v) is 4.57. The molecule has 0 unspecified atom stereocenters. The van der Waals surface area contributed by atoms with Gasteiger partial charge >= 0.3 is 0 Å². The number of ether oxygens (including phenoxy) is 2. The topological polar surface area (TPSA) is 54.9 Å². The lowest BCUT2D eigenvalue weighted by Crippen LogP contribution is -2.41. The molecule has 166 valence electrons. The van der Waals surface area contributed by atoms with Crippen LogP contribution in [0.4, 0.5) is 5.13 Å². The zero-order valence-corrected chi connectivity index (χ0v) is 19.9. The number of fused-ring (bicyclic) bond motifs is 1. The van der Waals surface area contributed by atoms with Crippen LogP contribution in [-0.4, -0.2) is 55.7 Å². The Hall–Kier alpha value is -2.35. The Morgan fingerprint density at radius 1 is 1.06 bits per heavy atom. The number of hydrogen-bond acceptors (Lipinski definition) is 6. The fraction of sp³-hybridized carbons (Fsp3) is 0.391. The third kappa shape index (κ3) is 5.67. The Morgan fingerprint density at radius 3 is 2.35 bits per heavy atom. The van der Waals surface area contributed by atoms with Gasteiger partial charge in [0.25, 0.3) is 5.91 Å². The number of carbonyl (C=O) groups is 1. The normalized spacial score (nSPS) is 11.2. The molecule has 0 aliphatic carbocycles. The highest BCUT2D eigenvalue weighted by atomic mass is 35.5. The van der Waals surface area contributed by atoms with Crippen LogP contribution in [0.25, 0.3) is 10.2 Å². The Balaban J connectivity index is 1.82. The molecule has 0 N–H and O–H groups in total. The van der Waals surface area contributed by atoms with Gasteiger partial charge in [0.05, 0.1) is 22.3 Å². The minimum atomic E-state index is -0.143. The lowest BCUT2D eigenvalue weighted by molar-refractivity contribution is -0.120. The van der Waals surface area contributed by atoms with Crippen molar-refractivity contribution < 1.29 is 14.3 Å². The quantitative estimate of drug-likeness (QED) is 0.424. The zero-order valence-electron chi connectivity index (χ0n) is 18.4. The van der Waals surface area contributed by atoms with Crippen LogP contribution in [0.2, 0.25) is 5.02 Å². The van der Waals surface area contributed by atoms with E-state index in [0.717, 1.165) is 41.2 Å². The molecule has 0 radical (unpaired) electrons. The maximum absolute atomic E-state index is 13.2. The van der Waals surface area contributed by atoms with Gasteiger partial charge in [-0.3, -0.25) is 9.69 Å². The number of anilines is 1. The van der Waals surface area contributed by atoms with Crippen LogP contribution in [0.5, 0.6) is 11.5 Å². The van der Waals surface area contributed by atoms with Crippen LogP contribution < -0.4 is 14.4 Å². The summed E-state index contributed by atoms with van der Waals surface area (Å²) in [5.41, 5.74) is 1.87. The number of aryl methyl sites for hydroxylation is 1. The predicted molar refractivity (Wildman–Crippen MR) is 128 cm³/mol. The molecule has 6 nitrogen and oxygen atoms in total. The van der Waals surface area contributed by atoms with Gasteiger partial charge in [-0.1, -0.05) is 42.9 Å². The van der Waals surface area contributed by atoms with Gasteiger partial charge in [-0.15, -0.1) is 0 Å². The highest BCUT2D eigenvalue weighted by Gasteiger charge is 2.22. The van der Waals surface area contributed by atoms with Crippen molar-refractivity contribution in [3.8, 4) is 11.5 Å².